The van der Waals surface area contributed by atoms with Gasteiger partial charge >= 0.3 is 0 Å². The first kappa shape index (κ1) is 19.3. The fourth-order valence-electron chi connectivity index (χ4n) is 2.45. The highest BCUT2D eigenvalue weighted by Crippen LogP contribution is 2.30. The lowest BCUT2D eigenvalue weighted by Crippen LogP contribution is -2.33. The fraction of sp³-hybridized carbons (Fsp3) is 0.278. The summed E-state index contributed by atoms with van der Waals surface area (Å²) in [5.41, 5.74) is 7.88. The Hall–Kier alpha value is -2.00. The predicted octanol–water partition coefficient (Wildman–Crippen LogP) is 3.02. The third kappa shape index (κ3) is 5.23. The van der Waals surface area contributed by atoms with Gasteiger partial charge < -0.3 is 25.3 Å². The molecule has 1 aliphatic rings. The molecule has 2 aromatic carbocycles. The number of hydrogen-bond acceptors (Lipinski definition) is 4. The molecule has 3 N–H and O–H groups in total. The van der Waals surface area contributed by atoms with Gasteiger partial charge in [0, 0.05) is 18.4 Å². The first-order valence-electron chi connectivity index (χ1n) is 7.78. The van der Waals surface area contributed by atoms with Crippen molar-refractivity contribution >= 4 is 35.6 Å². The van der Waals surface area contributed by atoms with Crippen molar-refractivity contribution < 1.29 is 14.2 Å². The highest BCUT2D eigenvalue weighted by atomic mass is 127. The summed E-state index contributed by atoms with van der Waals surface area (Å²) >= 11 is 0. The lowest BCUT2D eigenvalue weighted by molar-refractivity contribution is 0.0972. The standard InChI is InChI=1S/C18H21N3O3.HI/c1-22-11-13-6-2-3-7-15(13)21-18(19)20-10-14-12-23-16-8-4-5-9-17(16)24-14;/h2-9,14H,10-12H2,1H3,(H3,19,20,21);1H. The van der Waals surface area contributed by atoms with Crippen molar-refractivity contribution in [2.45, 2.75) is 12.7 Å². The van der Waals surface area contributed by atoms with E-state index in [1.54, 1.807) is 7.11 Å². The largest absolute Gasteiger partial charge is 0.486 e. The van der Waals surface area contributed by atoms with Crippen molar-refractivity contribution in [1.29, 1.82) is 0 Å². The van der Waals surface area contributed by atoms with Crippen LogP contribution in [0.3, 0.4) is 0 Å². The van der Waals surface area contributed by atoms with Crippen molar-refractivity contribution in [3.63, 3.8) is 0 Å². The third-order valence-electron chi connectivity index (χ3n) is 3.61. The zero-order valence-electron chi connectivity index (χ0n) is 14.0. The summed E-state index contributed by atoms with van der Waals surface area (Å²) in [6.45, 7) is 1.38. The fourth-order valence-corrected chi connectivity index (χ4v) is 2.45. The molecule has 7 heteroatoms. The molecule has 3 rings (SSSR count). The van der Waals surface area contributed by atoms with E-state index in [9.17, 15) is 0 Å². The second-order valence-corrected chi connectivity index (χ2v) is 5.44. The Morgan fingerprint density at radius 3 is 2.72 bits per heavy atom. The lowest BCUT2D eigenvalue weighted by Gasteiger charge is -2.25. The van der Waals surface area contributed by atoms with Crippen LogP contribution in [0.4, 0.5) is 5.69 Å². The van der Waals surface area contributed by atoms with Crippen LogP contribution in [0.2, 0.25) is 0 Å². The molecule has 0 aliphatic carbocycles. The Morgan fingerprint density at radius 2 is 1.92 bits per heavy atom. The molecule has 0 fully saturated rings. The first-order chi connectivity index (χ1) is 11.8. The first-order valence-corrected chi connectivity index (χ1v) is 7.78. The number of benzene rings is 2. The number of aliphatic imine (C=N–C) groups is 1. The molecule has 0 spiro atoms. The van der Waals surface area contributed by atoms with Gasteiger partial charge in [-0.25, -0.2) is 4.99 Å². The summed E-state index contributed by atoms with van der Waals surface area (Å²) in [4.78, 5) is 4.35. The molecule has 0 radical (unpaired) electrons. The van der Waals surface area contributed by atoms with Crippen molar-refractivity contribution in [2.75, 3.05) is 25.6 Å². The van der Waals surface area contributed by atoms with E-state index in [2.05, 4.69) is 10.3 Å². The van der Waals surface area contributed by atoms with Gasteiger partial charge in [0.25, 0.3) is 0 Å². The number of guanidine groups is 1. The van der Waals surface area contributed by atoms with Crippen LogP contribution in [0.25, 0.3) is 0 Å². The predicted molar refractivity (Wildman–Crippen MR) is 109 cm³/mol. The van der Waals surface area contributed by atoms with Crippen molar-refractivity contribution in [2.24, 2.45) is 10.7 Å². The van der Waals surface area contributed by atoms with Crippen molar-refractivity contribution in [3.8, 4) is 11.5 Å². The van der Waals surface area contributed by atoms with Crippen LogP contribution < -0.4 is 20.5 Å². The van der Waals surface area contributed by atoms with Crippen LogP contribution in [0, 0.1) is 0 Å². The van der Waals surface area contributed by atoms with E-state index in [1.807, 2.05) is 48.5 Å². The quantitative estimate of drug-likeness (QED) is 0.412. The molecular weight excluding hydrogens is 433 g/mol. The highest BCUT2D eigenvalue weighted by Gasteiger charge is 2.20. The van der Waals surface area contributed by atoms with Gasteiger partial charge in [-0.15, -0.1) is 24.0 Å². The highest BCUT2D eigenvalue weighted by molar-refractivity contribution is 14.0. The van der Waals surface area contributed by atoms with Gasteiger partial charge in [0.2, 0.25) is 0 Å². The Balaban J connectivity index is 0.00000225. The van der Waals surface area contributed by atoms with Crippen LogP contribution in [0.1, 0.15) is 5.56 Å². The van der Waals surface area contributed by atoms with Crippen LogP contribution in [0.15, 0.2) is 53.5 Å². The van der Waals surface area contributed by atoms with Crippen LogP contribution in [-0.4, -0.2) is 32.3 Å². The molecule has 0 saturated heterocycles. The average molecular weight is 455 g/mol. The smallest absolute Gasteiger partial charge is 0.193 e. The molecule has 134 valence electrons. The van der Waals surface area contributed by atoms with Crippen LogP contribution in [0.5, 0.6) is 11.5 Å². The van der Waals surface area contributed by atoms with E-state index >= 15 is 0 Å². The topological polar surface area (TPSA) is 78.1 Å². The summed E-state index contributed by atoms with van der Waals surface area (Å²) in [6, 6.07) is 15.4. The van der Waals surface area contributed by atoms with Gasteiger partial charge in [0.05, 0.1) is 13.2 Å². The summed E-state index contributed by atoms with van der Waals surface area (Å²) in [5, 5.41) is 3.11. The number of ether oxygens (including phenoxy) is 3. The maximum absolute atomic E-state index is 5.98. The van der Waals surface area contributed by atoms with Gasteiger partial charge in [-0.05, 0) is 18.2 Å². The Kier molecular flexibility index (Phi) is 7.32. The van der Waals surface area contributed by atoms with Gasteiger partial charge in [0.1, 0.15) is 6.61 Å². The van der Waals surface area contributed by atoms with Gasteiger partial charge in [-0.1, -0.05) is 30.3 Å². The Morgan fingerprint density at radius 1 is 1.20 bits per heavy atom. The molecule has 0 aromatic heterocycles. The summed E-state index contributed by atoms with van der Waals surface area (Å²) < 4.78 is 16.7. The molecule has 0 bridgehead atoms. The molecule has 0 saturated carbocycles. The number of nitrogens with zero attached hydrogens (tertiary/aromatic N) is 1. The minimum Gasteiger partial charge on any atom is -0.486 e. The molecule has 1 heterocycles. The number of nitrogens with one attached hydrogen (secondary N) is 1. The van der Waals surface area contributed by atoms with Crippen LogP contribution >= 0.6 is 24.0 Å². The SMILES string of the molecule is COCc1ccccc1NC(N)=NCC1COc2ccccc2O1.I. The van der Waals surface area contributed by atoms with Crippen LogP contribution in [-0.2, 0) is 11.3 Å². The molecule has 1 unspecified atom stereocenters. The molecule has 0 amide bonds. The number of fused-ring (bicyclic) bond motifs is 1. The number of anilines is 1. The molecular formula is C18H22IN3O3. The van der Waals surface area contributed by atoms with E-state index in [1.165, 1.54) is 0 Å². The van der Waals surface area contributed by atoms with E-state index in [0.717, 1.165) is 22.7 Å². The number of nitrogens with two attached hydrogens (primary N) is 1. The van der Waals surface area contributed by atoms with Gasteiger partial charge in [-0.3, -0.25) is 0 Å². The summed E-state index contributed by atoms with van der Waals surface area (Å²) in [5.74, 6) is 1.83. The molecule has 2 aromatic rings. The maximum atomic E-state index is 5.98. The Labute approximate surface area is 164 Å². The van der Waals surface area contributed by atoms with Crippen molar-refractivity contribution in [1.82, 2.24) is 0 Å². The van der Waals surface area contributed by atoms with Gasteiger partial charge in [0.15, 0.2) is 23.6 Å². The third-order valence-corrected chi connectivity index (χ3v) is 3.61. The number of para-hydroxylation sites is 3. The Bertz CT molecular complexity index is 724. The van der Waals surface area contributed by atoms with Gasteiger partial charge in [-0.2, -0.15) is 0 Å². The van der Waals surface area contributed by atoms with E-state index in [4.69, 9.17) is 19.9 Å². The van der Waals surface area contributed by atoms with E-state index < -0.39 is 0 Å². The van der Waals surface area contributed by atoms with E-state index in [-0.39, 0.29) is 30.1 Å². The molecule has 6 nitrogen and oxygen atoms in total. The maximum Gasteiger partial charge on any atom is 0.193 e. The molecule has 25 heavy (non-hydrogen) atoms. The summed E-state index contributed by atoms with van der Waals surface area (Å²) in [6.07, 6.45) is -0.158. The average Bonchev–Trinajstić information content (AvgIpc) is 2.62. The minimum atomic E-state index is -0.158. The normalized spacial score (nSPS) is 16.0. The second-order valence-electron chi connectivity index (χ2n) is 5.44. The summed E-state index contributed by atoms with van der Waals surface area (Å²) in [7, 11) is 1.66. The monoisotopic (exact) mass is 455 g/mol. The van der Waals surface area contributed by atoms with E-state index in [0.29, 0.717) is 25.7 Å². The number of methoxy groups -OCH3 is 1. The zero-order valence-corrected chi connectivity index (χ0v) is 16.3. The molecule has 1 atom stereocenters. The lowest BCUT2D eigenvalue weighted by atomic mass is 10.2. The number of halogens is 1. The molecule has 1 aliphatic heterocycles. The minimum absolute atomic E-state index is 0. The number of rotatable bonds is 5. The number of hydrogen-bond donors (Lipinski definition) is 2. The zero-order chi connectivity index (χ0) is 16.8. The second kappa shape index (κ2) is 9.47. The van der Waals surface area contributed by atoms with Crippen molar-refractivity contribution in [3.05, 3.63) is 54.1 Å².